The zero-order valence-electron chi connectivity index (χ0n) is 11.3. The van der Waals surface area contributed by atoms with E-state index in [2.05, 4.69) is 17.6 Å². The van der Waals surface area contributed by atoms with Gasteiger partial charge < -0.3 is 10.4 Å². The third-order valence-electron chi connectivity index (χ3n) is 4.34. The van der Waals surface area contributed by atoms with Crippen molar-refractivity contribution in [2.75, 3.05) is 11.6 Å². The van der Waals surface area contributed by atoms with Crippen molar-refractivity contribution in [3.63, 3.8) is 0 Å². The number of carboxylic acids is 1. The smallest absolute Gasteiger partial charge is 0.329 e. The topological polar surface area (TPSA) is 78.4 Å². The quantitative estimate of drug-likeness (QED) is 0.723. The maximum Gasteiger partial charge on any atom is 0.329 e. The van der Waals surface area contributed by atoms with E-state index >= 15 is 0 Å². The third kappa shape index (κ3) is 3.23. The van der Waals surface area contributed by atoms with Crippen molar-refractivity contribution in [3.8, 4) is 0 Å². The number of rotatable bonds is 4. The van der Waals surface area contributed by atoms with E-state index in [0.717, 1.165) is 30.9 Å². The van der Waals surface area contributed by atoms with Crippen LogP contribution in [-0.4, -0.2) is 40.2 Å². The summed E-state index contributed by atoms with van der Waals surface area (Å²) in [5.74, 6) is 1.03. The molecule has 6 heteroatoms. The summed E-state index contributed by atoms with van der Waals surface area (Å²) in [5, 5.41) is 15.4. The van der Waals surface area contributed by atoms with Crippen LogP contribution < -0.4 is 10.6 Å². The molecular weight excluding hydrogens is 264 g/mol. The molecule has 19 heavy (non-hydrogen) atoms. The summed E-state index contributed by atoms with van der Waals surface area (Å²) in [6.45, 7) is 2.14. The van der Waals surface area contributed by atoms with Crippen LogP contribution in [0.5, 0.6) is 0 Å². The molecule has 1 saturated carbocycles. The molecule has 0 bridgehead atoms. The van der Waals surface area contributed by atoms with Crippen molar-refractivity contribution in [1.29, 1.82) is 0 Å². The lowest BCUT2D eigenvalue weighted by atomic mass is 9.75. The number of nitrogens with one attached hydrogen (secondary N) is 2. The molecule has 0 radical (unpaired) electrons. The molecule has 1 aliphatic heterocycles. The molecule has 5 nitrogen and oxygen atoms in total. The maximum absolute atomic E-state index is 12.1. The van der Waals surface area contributed by atoms with E-state index in [1.54, 1.807) is 11.8 Å². The van der Waals surface area contributed by atoms with Crippen molar-refractivity contribution >= 4 is 23.6 Å². The number of thioether (sulfide) groups is 1. The van der Waals surface area contributed by atoms with Gasteiger partial charge in [0.1, 0.15) is 5.54 Å². The fourth-order valence-corrected chi connectivity index (χ4v) is 3.80. The first-order valence-electron chi connectivity index (χ1n) is 6.94. The minimum atomic E-state index is -1.04. The molecule has 108 valence electrons. The van der Waals surface area contributed by atoms with Crippen LogP contribution in [-0.2, 0) is 9.59 Å². The SMILES string of the molecule is CCC1CCC(NC(=O)C2CSCN2)(C(=O)O)CC1. The van der Waals surface area contributed by atoms with E-state index in [1.807, 2.05) is 0 Å². The average Bonchev–Trinajstić information content (AvgIpc) is 2.93. The van der Waals surface area contributed by atoms with Crippen molar-refractivity contribution in [1.82, 2.24) is 10.6 Å². The van der Waals surface area contributed by atoms with Gasteiger partial charge in [-0.15, -0.1) is 11.8 Å². The highest BCUT2D eigenvalue weighted by Crippen LogP contribution is 2.34. The Bertz CT molecular complexity index is 348. The highest BCUT2D eigenvalue weighted by Gasteiger charge is 2.44. The maximum atomic E-state index is 12.1. The van der Waals surface area contributed by atoms with Gasteiger partial charge >= 0.3 is 5.97 Å². The van der Waals surface area contributed by atoms with Gasteiger partial charge in [0, 0.05) is 11.6 Å². The number of carboxylic acid groups (broad SMARTS) is 1. The van der Waals surface area contributed by atoms with Crippen LogP contribution in [0, 0.1) is 5.92 Å². The number of carbonyl (C=O) groups is 2. The lowest BCUT2D eigenvalue weighted by Gasteiger charge is -2.37. The number of amides is 1. The zero-order valence-corrected chi connectivity index (χ0v) is 12.1. The first kappa shape index (κ1) is 14.7. The second-order valence-electron chi connectivity index (χ2n) is 5.50. The summed E-state index contributed by atoms with van der Waals surface area (Å²) in [5.41, 5.74) is -1.04. The minimum Gasteiger partial charge on any atom is -0.480 e. The molecule has 0 aromatic carbocycles. The summed E-state index contributed by atoms with van der Waals surface area (Å²) in [7, 11) is 0. The van der Waals surface area contributed by atoms with Crippen LogP contribution >= 0.6 is 11.8 Å². The van der Waals surface area contributed by atoms with Crippen molar-refractivity contribution in [2.24, 2.45) is 5.92 Å². The predicted octanol–water partition coefficient (Wildman–Crippen LogP) is 1.19. The first-order chi connectivity index (χ1) is 9.07. The van der Waals surface area contributed by atoms with Crippen molar-refractivity contribution in [3.05, 3.63) is 0 Å². The molecule has 1 heterocycles. The fraction of sp³-hybridized carbons (Fsp3) is 0.846. The van der Waals surface area contributed by atoms with E-state index in [9.17, 15) is 14.7 Å². The van der Waals surface area contributed by atoms with Crippen LogP contribution in [0.4, 0.5) is 0 Å². The Morgan fingerprint density at radius 2 is 2.11 bits per heavy atom. The van der Waals surface area contributed by atoms with Crippen LogP contribution in [0.2, 0.25) is 0 Å². The molecule has 1 amide bonds. The second-order valence-corrected chi connectivity index (χ2v) is 6.53. The molecule has 3 N–H and O–H groups in total. The number of hydrogen-bond acceptors (Lipinski definition) is 4. The number of carbonyl (C=O) groups excluding carboxylic acids is 1. The Morgan fingerprint density at radius 1 is 1.42 bits per heavy atom. The highest BCUT2D eigenvalue weighted by molar-refractivity contribution is 7.99. The summed E-state index contributed by atoms with van der Waals surface area (Å²) in [4.78, 5) is 23.7. The highest BCUT2D eigenvalue weighted by atomic mass is 32.2. The van der Waals surface area contributed by atoms with Crippen LogP contribution in [0.3, 0.4) is 0 Å². The first-order valence-corrected chi connectivity index (χ1v) is 8.09. The molecule has 0 aromatic heterocycles. The van der Waals surface area contributed by atoms with E-state index in [0.29, 0.717) is 18.8 Å². The van der Waals surface area contributed by atoms with Gasteiger partial charge in [0.15, 0.2) is 0 Å². The van der Waals surface area contributed by atoms with Gasteiger partial charge in [-0.3, -0.25) is 10.1 Å². The molecule has 1 unspecified atom stereocenters. The Morgan fingerprint density at radius 3 is 2.58 bits per heavy atom. The molecule has 0 spiro atoms. The molecule has 0 aromatic rings. The molecule has 1 aliphatic carbocycles. The molecule has 1 saturated heterocycles. The normalized spacial score (nSPS) is 35.0. The summed E-state index contributed by atoms with van der Waals surface area (Å²) in [6.07, 6.45) is 3.95. The Labute approximate surface area is 117 Å². The lowest BCUT2D eigenvalue weighted by molar-refractivity contribution is -0.150. The Balaban J connectivity index is 2.00. The number of aliphatic carboxylic acids is 1. The van der Waals surface area contributed by atoms with Crippen LogP contribution in [0.15, 0.2) is 0 Å². The fourth-order valence-electron chi connectivity index (χ4n) is 2.86. The van der Waals surface area contributed by atoms with Crippen LogP contribution in [0.1, 0.15) is 39.0 Å². The van der Waals surface area contributed by atoms with Crippen LogP contribution in [0.25, 0.3) is 0 Å². The Hall–Kier alpha value is -0.750. The molecular formula is C13H22N2O3S. The predicted molar refractivity (Wildman–Crippen MR) is 75.0 cm³/mol. The summed E-state index contributed by atoms with van der Waals surface area (Å²) < 4.78 is 0. The van der Waals surface area contributed by atoms with Gasteiger partial charge in [0.05, 0.1) is 6.04 Å². The summed E-state index contributed by atoms with van der Waals surface area (Å²) in [6, 6.07) is -0.245. The lowest BCUT2D eigenvalue weighted by Crippen LogP contribution is -2.59. The van der Waals surface area contributed by atoms with Crippen molar-refractivity contribution in [2.45, 2.75) is 50.6 Å². The molecule has 2 aliphatic rings. The van der Waals surface area contributed by atoms with Gasteiger partial charge in [0.25, 0.3) is 0 Å². The molecule has 1 atom stereocenters. The average molecular weight is 286 g/mol. The van der Waals surface area contributed by atoms with Gasteiger partial charge in [-0.2, -0.15) is 0 Å². The number of hydrogen-bond donors (Lipinski definition) is 3. The van der Waals surface area contributed by atoms with Gasteiger partial charge in [-0.05, 0) is 31.6 Å². The zero-order chi connectivity index (χ0) is 13.9. The molecule has 2 rings (SSSR count). The Kier molecular flexibility index (Phi) is 4.73. The minimum absolute atomic E-state index is 0.164. The van der Waals surface area contributed by atoms with Gasteiger partial charge in [0.2, 0.25) is 5.91 Å². The van der Waals surface area contributed by atoms with E-state index in [-0.39, 0.29) is 11.9 Å². The van der Waals surface area contributed by atoms with Gasteiger partial charge in [-0.1, -0.05) is 13.3 Å². The van der Waals surface area contributed by atoms with E-state index in [4.69, 9.17) is 0 Å². The molecule has 2 fully saturated rings. The monoisotopic (exact) mass is 286 g/mol. The standard InChI is InChI=1S/C13H22N2O3S/c1-2-9-3-5-13(6-4-9,12(17)18)15-11(16)10-7-19-8-14-10/h9-10,14H,2-8H2,1H3,(H,15,16)(H,17,18). The largest absolute Gasteiger partial charge is 0.480 e. The third-order valence-corrected chi connectivity index (χ3v) is 5.28. The second kappa shape index (κ2) is 6.13. The van der Waals surface area contributed by atoms with E-state index in [1.165, 1.54) is 0 Å². The summed E-state index contributed by atoms with van der Waals surface area (Å²) >= 11 is 1.66. The van der Waals surface area contributed by atoms with Gasteiger partial charge in [-0.25, -0.2) is 4.79 Å². The van der Waals surface area contributed by atoms with E-state index < -0.39 is 11.5 Å². The van der Waals surface area contributed by atoms with Crippen molar-refractivity contribution < 1.29 is 14.7 Å².